The van der Waals surface area contributed by atoms with E-state index in [1.165, 1.54) is 11.6 Å². The standard InChI is InChI=1S/C20H23F3N4O/c21-20(22,23)17-6-7-18(25-14-17)27-12-10-26(11-13-27)15-19(28)24-9-8-16-4-2-1-3-5-16/h1-7,14H,8-13,15H2,(H,24,28). The summed E-state index contributed by atoms with van der Waals surface area (Å²) in [5, 5.41) is 2.93. The monoisotopic (exact) mass is 392 g/mol. The van der Waals surface area contributed by atoms with Gasteiger partial charge in [-0.15, -0.1) is 0 Å². The number of anilines is 1. The van der Waals surface area contributed by atoms with Crippen LogP contribution in [0.1, 0.15) is 11.1 Å². The Bertz CT molecular complexity index is 757. The fourth-order valence-electron chi connectivity index (χ4n) is 3.13. The van der Waals surface area contributed by atoms with Gasteiger partial charge >= 0.3 is 6.18 Å². The van der Waals surface area contributed by atoms with Crippen molar-refractivity contribution in [2.45, 2.75) is 12.6 Å². The van der Waals surface area contributed by atoms with E-state index in [9.17, 15) is 18.0 Å². The summed E-state index contributed by atoms with van der Waals surface area (Å²) in [5.74, 6) is 0.511. The van der Waals surface area contributed by atoms with E-state index in [4.69, 9.17) is 0 Å². The SMILES string of the molecule is O=C(CN1CCN(c2ccc(C(F)(F)F)cn2)CC1)NCCc1ccccc1. The number of alkyl halides is 3. The highest BCUT2D eigenvalue weighted by atomic mass is 19.4. The number of piperazine rings is 1. The quantitative estimate of drug-likeness (QED) is 0.821. The van der Waals surface area contributed by atoms with E-state index in [0.717, 1.165) is 18.7 Å². The molecule has 0 aliphatic carbocycles. The molecule has 1 saturated heterocycles. The number of pyridine rings is 1. The fourth-order valence-corrected chi connectivity index (χ4v) is 3.13. The highest BCUT2D eigenvalue weighted by Crippen LogP contribution is 2.29. The minimum Gasteiger partial charge on any atom is -0.355 e. The number of rotatable bonds is 6. The molecule has 28 heavy (non-hydrogen) atoms. The minimum absolute atomic E-state index is 0.0166. The summed E-state index contributed by atoms with van der Waals surface area (Å²) < 4.78 is 37.9. The molecule has 1 aromatic carbocycles. The molecule has 150 valence electrons. The van der Waals surface area contributed by atoms with E-state index in [1.54, 1.807) is 0 Å². The molecule has 1 N–H and O–H groups in total. The van der Waals surface area contributed by atoms with Crippen molar-refractivity contribution in [3.05, 3.63) is 59.8 Å². The molecule has 0 bridgehead atoms. The zero-order valence-corrected chi connectivity index (χ0v) is 15.5. The molecule has 5 nitrogen and oxygen atoms in total. The molecule has 2 aromatic rings. The second-order valence-corrected chi connectivity index (χ2v) is 6.75. The number of nitrogens with zero attached hydrogens (tertiary/aromatic N) is 3. The van der Waals surface area contributed by atoms with Gasteiger partial charge in [0.2, 0.25) is 5.91 Å². The number of aromatic nitrogens is 1. The van der Waals surface area contributed by atoms with Gasteiger partial charge in [-0.05, 0) is 24.1 Å². The maximum atomic E-state index is 12.6. The number of halogens is 3. The highest BCUT2D eigenvalue weighted by Gasteiger charge is 2.31. The third kappa shape index (κ3) is 5.69. The van der Waals surface area contributed by atoms with Gasteiger partial charge in [0, 0.05) is 38.9 Å². The van der Waals surface area contributed by atoms with E-state index in [-0.39, 0.29) is 5.91 Å². The second-order valence-electron chi connectivity index (χ2n) is 6.75. The zero-order chi connectivity index (χ0) is 20.0. The number of amides is 1. The van der Waals surface area contributed by atoms with Crippen molar-refractivity contribution in [2.75, 3.05) is 44.2 Å². The van der Waals surface area contributed by atoms with Crippen LogP contribution < -0.4 is 10.2 Å². The average molecular weight is 392 g/mol. The smallest absolute Gasteiger partial charge is 0.355 e. The lowest BCUT2D eigenvalue weighted by molar-refractivity contribution is -0.137. The van der Waals surface area contributed by atoms with Crippen molar-refractivity contribution in [2.24, 2.45) is 0 Å². The number of carbonyl (C=O) groups excluding carboxylic acids is 1. The summed E-state index contributed by atoms with van der Waals surface area (Å²) in [5.41, 5.74) is 0.433. The van der Waals surface area contributed by atoms with Gasteiger partial charge in [-0.2, -0.15) is 13.2 Å². The van der Waals surface area contributed by atoms with Crippen molar-refractivity contribution in [3.8, 4) is 0 Å². The Labute approximate surface area is 162 Å². The molecule has 1 amide bonds. The number of benzene rings is 1. The third-order valence-corrected chi connectivity index (χ3v) is 4.72. The summed E-state index contributed by atoms with van der Waals surface area (Å²) >= 11 is 0. The van der Waals surface area contributed by atoms with E-state index in [1.807, 2.05) is 40.1 Å². The van der Waals surface area contributed by atoms with Gasteiger partial charge in [-0.3, -0.25) is 9.69 Å². The number of hydrogen-bond donors (Lipinski definition) is 1. The predicted molar refractivity (Wildman–Crippen MR) is 101 cm³/mol. The Morgan fingerprint density at radius 2 is 1.75 bits per heavy atom. The summed E-state index contributed by atoms with van der Waals surface area (Å²) in [6.45, 7) is 3.48. The van der Waals surface area contributed by atoms with Crippen LogP contribution in [-0.4, -0.2) is 55.1 Å². The molecular formula is C20H23F3N4O. The van der Waals surface area contributed by atoms with Crippen molar-refractivity contribution >= 4 is 11.7 Å². The minimum atomic E-state index is -4.38. The fraction of sp³-hybridized carbons (Fsp3) is 0.400. The molecule has 0 spiro atoms. The van der Waals surface area contributed by atoms with Gasteiger partial charge in [-0.1, -0.05) is 30.3 Å². The molecule has 8 heteroatoms. The molecule has 0 saturated carbocycles. The van der Waals surface area contributed by atoms with Crippen molar-refractivity contribution in [3.63, 3.8) is 0 Å². The maximum absolute atomic E-state index is 12.6. The van der Waals surface area contributed by atoms with Crippen molar-refractivity contribution in [1.82, 2.24) is 15.2 Å². The molecule has 3 rings (SSSR count). The lowest BCUT2D eigenvalue weighted by Gasteiger charge is -2.35. The van der Waals surface area contributed by atoms with Crippen LogP contribution in [0.5, 0.6) is 0 Å². The van der Waals surface area contributed by atoms with Crippen molar-refractivity contribution < 1.29 is 18.0 Å². The number of nitrogens with one attached hydrogen (secondary N) is 1. The summed E-state index contributed by atoms with van der Waals surface area (Å²) in [4.78, 5) is 20.0. The van der Waals surface area contributed by atoms with E-state index in [0.29, 0.717) is 45.1 Å². The lowest BCUT2D eigenvalue weighted by atomic mass is 10.1. The first-order valence-electron chi connectivity index (χ1n) is 9.23. The van der Waals surface area contributed by atoms with Gasteiger partial charge in [-0.25, -0.2) is 4.98 Å². The topological polar surface area (TPSA) is 48.5 Å². The maximum Gasteiger partial charge on any atom is 0.417 e. The molecule has 1 aliphatic rings. The number of hydrogen-bond acceptors (Lipinski definition) is 4. The van der Waals surface area contributed by atoms with Crippen LogP contribution in [0.25, 0.3) is 0 Å². The third-order valence-electron chi connectivity index (χ3n) is 4.72. The molecule has 0 radical (unpaired) electrons. The van der Waals surface area contributed by atoms with Gasteiger partial charge < -0.3 is 10.2 Å². The molecule has 0 atom stereocenters. The van der Waals surface area contributed by atoms with Crippen LogP contribution in [0.2, 0.25) is 0 Å². The van der Waals surface area contributed by atoms with E-state index >= 15 is 0 Å². The molecule has 1 aromatic heterocycles. The average Bonchev–Trinajstić information content (AvgIpc) is 2.69. The van der Waals surface area contributed by atoms with E-state index < -0.39 is 11.7 Å². The Morgan fingerprint density at radius 3 is 2.36 bits per heavy atom. The summed E-state index contributed by atoms with van der Waals surface area (Å²) in [6, 6.07) is 12.4. The normalized spacial score (nSPS) is 15.5. The number of carbonyl (C=O) groups is 1. The molecule has 0 unspecified atom stereocenters. The van der Waals surface area contributed by atoms with Crippen LogP contribution in [-0.2, 0) is 17.4 Å². The zero-order valence-electron chi connectivity index (χ0n) is 15.5. The first-order valence-corrected chi connectivity index (χ1v) is 9.23. The Morgan fingerprint density at radius 1 is 1.04 bits per heavy atom. The van der Waals surface area contributed by atoms with Gasteiger partial charge in [0.05, 0.1) is 12.1 Å². The molecule has 2 heterocycles. The Balaban J connectivity index is 1.39. The Kier molecular flexibility index (Phi) is 6.51. The summed E-state index contributed by atoms with van der Waals surface area (Å²) in [7, 11) is 0. The van der Waals surface area contributed by atoms with E-state index in [2.05, 4.69) is 10.3 Å². The van der Waals surface area contributed by atoms with Crippen LogP contribution in [0, 0.1) is 0 Å². The largest absolute Gasteiger partial charge is 0.417 e. The lowest BCUT2D eigenvalue weighted by Crippen LogP contribution is -2.49. The second kappa shape index (κ2) is 9.05. The first-order chi connectivity index (χ1) is 13.4. The summed E-state index contributed by atoms with van der Waals surface area (Å²) in [6.07, 6.45) is -2.72. The Hall–Kier alpha value is -2.61. The molecule has 1 aliphatic heterocycles. The molecule has 1 fully saturated rings. The van der Waals surface area contributed by atoms with Crippen molar-refractivity contribution in [1.29, 1.82) is 0 Å². The highest BCUT2D eigenvalue weighted by molar-refractivity contribution is 5.78. The first kappa shape index (κ1) is 20.1. The van der Waals surface area contributed by atoms with Gasteiger partial charge in [0.1, 0.15) is 5.82 Å². The van der Waals surface area contributed by atoms with Crippen LogP contribution >= 0.6 is 0 Å². The van der Waals surface area contributed by atoms with Gasteiger partial charge in [0.25, 0.3) is 0 Å². The molecular weight excluding hydrogens is 369 g/mol. The van der Waals surface area contributed by atoms with Crippen LogP contribution in [0.3, 0.4) is 0 Å². The van der Waals surface area contributed by atoms with Gasteiger partial charge in [0.15, 0.2) is 0 Å². The van der Waals surface area contributed by atoms with Crippen LogP contribution in [0.15, 0.2) is 48.7 Å². The van der Waals surface area contributed by atoms with Crippen LogP contribution in [0.4, 0.5) is 19.0 Å². The predicted octanol–water partition coefficient (Wildman–Crippen LogP) is 2.58.